The van der Waals surface area contributed by atoms with Crippen molar-refractivity contribution in [2.75, 3.05) is 10.6 Å². The van der Waals surface area contributed by atoms with E-state index in [1.165, 1.54) is 11.3 Å². The molecule has 0 spiro atoms. The predicted octanol–water partition coefficient (Wildman–Crippen LogP) is 6.87. The Morgan fingerprint density at radius 1 is 1.11 bits per heavy atom. The lowest BCUT2D eigenvalue weighted by atomic mass is 10.2. The van der Waals surface area contributed by atoms with E-state index in [1.807, 2.05) is 5.38 Å². The Morgan fingerprint density at radius 3 is 2.39 bits per heavy atom. The molecule has 0 atom stereocenters. The van der Waals surface area contributed by atoms with Crippen LogP contribution in [0.2, 0.25) is 5.02 Å². The Balaban J connectivity index is 1.65. The third-order valence-electron chi connectivity index (χ3n) is 3.62. The number of hydrogen-bond acceptors (Lipinski definition) is 3. The van der Waals surface area contributed by atoms with E-state index >= 15 is 0 Å². The number of nitrogens with one attached hydrogen (secondary N) is 2. The second kappa shape index (κ2) is 8.38. The molecule has 0 unspecified atom stereocenters. The molecule has 2 amide bonds. The maximum absolute atomic E-state index is 12.7. The number of aromatic nitrogens is 1. The maximum Gasteiger partial charge on any atom is 0.416 e. The first-order chi connectivity index (χ1) is 13.3. The molecule has 4 nitrogen and oxygen atoms in total. The van der Waals surface area contributed by atoms with Gasteiger partial charge >= 0.3 is 12.2 Å². The van der Waals surface area contributed by atoms with Gasteiger partial charge in [0.05, 0.1) is 27.8 Å². The minimum atomic E-state index is -4.51. The van der Waals surface area contributed by atoms with Crippen molar-refractivity contribution >= 4 is 51.9 Å². The fourth-order valence-electron chi connectivity index (χ4n) is 2.27. The molecule has 146 valence electrons. The number of anilines is 2. The van der Waals surface area contributed by atoms with E-state index in [1.54, 1.807) is 24.3 Å². The van der Waals surface area contributed by atoms with E-state index in [9.17, 15) is 18.0 Å². The fraction of sp³-hybridized carbons (Fsp3) is 0.111. The molecule has 2 aromatic carbocycles. The summed E-state index contributed by atoms with van der Waals surface area (Å²) in [6.07, 6.45) is -4.51. The van der Waals surface area contributed by atoms with Crippen molar-refractivity contribution in [2.45, 2.75) is 12.1 Å². The highest BCUT2D eigenvalue weighted by Gasteiger charge is 2.31. The summed E-state index contributed by atoms with van der Waals surface area (Å²) in [4.78, 5) is 16.5. The van der Waals surface area contributed by atoms with Gasteiger partial charge in [-0.3, -0.25) is 0 Å². The molecular weight excluding hydrogens is 434 g/mol. The van der Waals surface area contributed by atoms with E-state index in [4.69, 9.17) is 23.2 Å². The van der Waals surface area contributed by atoms with Gasteiger partial charge in [0.2, 0.25) is 0 Å². The molecule has 28 heavy (non-hydrogen) atoms. The van der Waals surface area contributed by atoms with Crippen LogP contribution in [0.25, 0.3) is 10.6 Å². The molecule has 1 aromatic heterocycles. The third-order valence-corrected chi connectivity index (χ3v) is 5.15. The lowest BCUT2D eigenvalue weighted by Crippen LogP contribution is -2.19. The molecule has 0 bridgehead atoms. The summed E-state index contributed by atoms with van der Waals surface area (Å²) in [5.41, 5.74) is 1.34. The lowest BCUT2D eigenvalue weighted by Gasteiger charge is -2.12. The van der Waals surface area contributed by atoms with Crippen LogP contribution in [0.3, 0.4) is 0 Å². The molecule has 1 heterocycles. The van der Waals surface area contributed by atoms with Crippen molar-refractivity contribution in [1.29, 1.82) is 0 Å². The van der Waals surface area contributed by atoms with Gasteiger partial charge in [-0.1, -0.05) is 11.6 Å². The Hall–Kier alpha value is -2.29. The number of hydrogen-bond donors (Lipinski definition) is 2. The van der Waals surface area contributed by atoms with Crippen LogP contribution in [0.15, 0.2) is 47.8 Å². The summed E-state index contributed by atoms with van der Waals surface area (Å²) >= 11 is 13.0. The van der Waals surface area contributed by atoms with Crippen molar-refractivity contribution in [1.82, 2.24) is 4.98 Å². The third kappa shape index (κ3) is 4.95. The van der Waals surface area contributed by atoms with Crippen LogP contribution < -0.4 is 10.6 Å². The maximum atomic E-state index is 12.7. The minimum absolute atomic E-state index is 0.0696. The van der Waals surface area contributed by atoms with Gasteiger partial charge in [-0.05, 0) is 42.5 Å². The predicted molar refractivity (Wildman–Crippen MR) is 106 cm³/mol. The zero-order valence-electron chi connectivity index (χ0n) is 14.0. The zero-order chi connectivity index (χ0) is 20.3. The summed E-state index contributed by atoms with van der Waals surface area (Å²) in [6, 6.07) is 9.03. The van der Waals surface area contributed by atoms with Crippen LogP contribution in [0.5, 0.6) is 0 Å². The van der Waals surface area contributed by atoms with E-state index in [-0.39, 0.29) is 10.7 Å². The average molecular weight is 446 g/mol. The highest BCUT2D eigenvalue weighted by atomic mass is 35.5. The lowest BCUT2D eigenvalue weighted by molar-refractivity contribution is -0.137. The molecule has 0 aliphatic carbocycles. The first-order valence-corrected chi connectivity index (χ1v) is 9.61. The first-order valence-electron chi connectivity index (χ1n) is 7.82. The van der Waals surface area contributed by atoms with Crippen molar-refractivity contribution in [3.63, 3.8) is 0 Å². The van der Waals surface area contributed by atoms with Crippen molar-refractivity contribution in [3.8, 4) is 10.6 Å². The fourth-order valence-corrected chi connectivity index (χ4v) is 3.56. The first kappa shape index (κ1) is 20.4. The molecule has 10 heteroatoms. The molecule has 0 fully saturated rings. The molecule has 2 N–H and O–H groups in total. The second-order valence-corrected chi connectivity index (χ2v) is 7.16. The highest BCUT2D eigenvalue weighted by Crippen LogP contribution is 2.33. The number of halogens is 5. The van der Waals surface area contributed by atoms with Gasteiger partial charge in [0, 0.05) is 16.6 Å². The summed E-state index contributed by atoms with van der Waals surface area (Å²) < 4.78 is 38.0. The largest absolute Gasteiger partial charge is 0.416 e. The van der Waals surface area contributed by atoms with Crippen LogP contribution in [0.1, 0.15) is 11.3 Å². The van der Waals surface area contributed by atoms with Gasteiger partial charge in [0.15, 0.2) is 0 Å². The Morgan fingerprint density at radius 2 is 1.82 bits per heavy atom. The number of carbonyl (C=O) groups is 1. The summed E-state index contributed by atoms with van der Waals surface area (Å²) in [6.45, 7) is 0. The molecule has 3 aromatic rings. The number of thiazole rings is 1. The average Bonchev–Trinajstić information content (AvgIpc) is 3.12. The molecule has 0 saturated carbocycles. The quantitative estimate of drug-likeness (QED) is 0.430. The van der Waals surface area contributed by atoms with Gasteiger partial charge in [0.1, 0.15) is 5.01 Å². The molecule has 0 aliphatic heterocycles. The topological polar surface area (TPSA) is 54.0 Å². The Kier molecular flexibility index (Phi) is 6.12. The summed E-state index contributed by atoms with van der Waals surface area (Å²) in [5.74, 6) is 0.336. The van der Waals surface area contributed by atoms with Gasteiger partial charge in [-0.15, -0.1) is 22.9 Å². The number of urea groups is 1. The zero-order valence-corrected chi connectivity index (χ0v) is 16.3. The van der Waals surface area contributed by atoms with Crippen molar-refractivity contribution in [2.24, 2.45) is 0 Å². The van der Waals surface area contributed by atoms with Gasteiger partial charge in [-0.2, -0.15) is 13.2 Å². The molecule has 0 aliphatic rings. The number of benzene rings is 2. The summed E-state index contributed by atoms with van der Waals surface area (Å²) in [7, 11) is 0. The second-order valence-electron chi connectivity index (χ2n) is 5.63. The van der Waals surface area contributed by atoms with E-state index in [0.29, 0.717) is 11.6 Å². The smallest absolute Gasteiger partial charge is 0.308 e. The highest BCUT2D eigenvalue weighted by molar-refractivity contribution is 7.13. The normalized spacial score (nSPS) is 11.3. The van der Waals surface area contributed by atoms with Gasteiger partial charge < -0.3 is 10.6 Å². The number of nitrogens with zero attached hydrogens (tertiary/aromatic N) is 1. The van der Waals surface area contributed by atoms with Crippen molar-refractivity contribution in [3.05, 3.63) is 64.1 Å². The van der Waals surface area contributed by atoms with Crippen LogP contribution in [0, 0.1) is 0 Å². The van der Waals surface area contributed by atoms with Crippen LogP contribution in [-0.4, -0.2) is 11.0 Å². The monoisotopic (exact) mass is 445 g/mol. The van der Waals surface area contributed by atoms with E-state index in [0.717, 1.165) is 34.5 Å². The minimum Gasteiger partial charge on any atom is -0.308 e. The van der Waals surface area contributed by atoms with E-state index in [2.05, 4.69) is 15.6 Å². The standard InChI is InChI=1S/C18H12Cl2F3N3OS/c19-8-13-9-28-16(24-13)10-1-4-12(5-2-10)25-17(27)26-15-6-3-11(7-14(15)20)18(21,22)23/h1-7,9H,8H2,(H2,25,26,27). The molecule has 3 rings (SSSR count). The van der Waals surface area contributed by atoms with E-state index < -0.39 is 17.8 Å². The summed E-state index contributed by atoms with van der Waals surface area (Å²) in [5, 5.41) is 7.48. The SMILES string of the molecule is O=C(Nc1ccc(-c2nc(CCl)cs2)cc1)Nc1ccc(C(F)(F)F)cc1Cl. The number of amides is 2. The number of carbonyl (C=O) groups excluding carboxylic acids is 1. The number of alkyl halides is 4. The molecule has 0 radical (unpaired) electrons. The van der Waals surface area contributed by atoms with Crippen LogP contribution in [-0.2, 0) is 12.1 Å². The van der Waals surface area contributed by atoms with Gasteiger partial charge in [0.25, 0.3) is 0 Å². The Labute approximate surface area is 172 Å². The number of rotatable bonds is 4. The van der Waals surface area contributed by atoms with Crippen LogP contribution >= 0.6 is 34.5 Å². The molecule has 0 saturated heterocycles. The van der Waals surface area contributed by atoms with Crippen LogP contribution in [0.4, 0.5) is 29.3 Å². The van der Waals surface area contributed by atoms with Crippen molar-refractivity contribution < 1.29 is 18.0 Å². The molecular formula is C18H12Cl2F3N3OS. The Bertz CT molecular complexity index is 990. The van der Waals surface area contributed by atoms with Gasteiger partial charge in [-0.25, -0.2) is 9.78 Å².